The second-order valence-corrected chi connectivity index (χ2v) is 5.98. The molecule has 0 spiro atoms. The molecule has 0 aliphatic heterocycles. The highest BCUT2D eigenvalue weighted by molar-refractivity contribution is 5.63. The third-order valence-corrected chi connectivity index (χ3v) is 4.07. The molecule has 0 atom stereocenters. The van der Waals surface area contributed by atoms with Crippen molar-refractivity contribution in [1.82, 2.24) is 19.7 Å². The van der Waals surface area contributed by atoms with Gasteiger partial charge < -0.3 is 5.32 Å². The fraction of sp³-hybridized carbons (Fsp3) is 0.0952. The monoisotopic (exact) mass is 341 g/mol. The number of nitrogens with one attached hydrogen (secondary N) is 1. The lowest BCUT2D eigenvalue weighted by molar-refractivity contribution is 0.688. The number of hydrogen-bond donors (Lipinski definition) is 1. The largest absolute Gasteiger partial charge is 0.350 e. The molecule has 0 saturated heterocycles. The molecule has 0 bridgehead atoms. The first-order valence-electron chi connectivity index (χ1n) is 8.55. The zero-order valence-electron chi connectivity index (χ0n) is 14.3. The van der Waals surface area contributed by atoms with E-state index in [-0.39, 0.29) is 0 Å². The van der Waals surface area contributed by atoms with E-state index in [0.29, 0.717) is 12.5 Å². The zero-order valence-corrected chi connectivity index (χ0v) is 14.3. The van der Waals surface area contributed by atoms with Crippen LogP contribution < -0.4 is 5.32 Å². The molecule has 0 unspecified atom stereocenters. The summed E-state index contributed by atoms with van der Waals surface area (Å²) in [7, 11) is 0. The Morgan fingerprint density at radius 3 is 2.23 bits per heavy atom. The second-order valence-electron chi connectivity index (χ2n) is 5.98. The average molecular weight is 341 g/mol. The van der Waals surface area contributed by atoms with E-state index >= 15 is 0 Å². The molecular weight excluding hydrogens is 322 g/mol. The number of benzene rings is 2. The van der Waals surface area contributed by atoms with Crippen LogP contribution in [0.2, 0.25) is 0 Å². The van der Waals surface area contributed by atoms with Gasteiger partial charge in [0, 0.05) is 36.3 Å². The first kappa shape index (κ1) is 16.0. The van der Waals surface area contributed by atoms with E-state index in [1.165, 1.54) is 5.56 Å². The first-order chi connectivity index (χ1) is 12.9. The van der Waals surface area contributed by atoms with Crippen molar-refractivity contribution in [3.05, 3.63) is 96.4 Å². The highest BCUT2D eigenvalue weighted by Gasteiger charge is 2.12. The summed E-state index contributed by atoms with van der Waals surface area (Å²) < 4.78 is 1.99. The average Bonchev–Trinajstić information content (AvgIpc) is 3.11. The van der Waals surface area contributed by atoms with Crippen molar-refractivity contribution >= 4 is 5.95 Å². The lowest BCUT2D eigenvalue weighted by atomic mass is 10.1. The van der Waals surface area contributed by atoms with Crippen LogP contribution in [0.4, 0.5) is 5.95 Å². The van der Waals surface area contributed by atoms with Crippen molar-refractivity contribution in [2.24, 2.45) is 0 Å². The van der Waals surface area contributed by atoms with Crippen LogP contribution in [-0.4, -0.2) is 19.7 Å². The Kier molecular flexibility index (Phi) is 4.69. The van der Waals surface area contributed by atoms with Crippen LogP contribution in [0.5, 0.6) is 0 Å². The molecule has 0 radical (unpaired) electrons. The summed E-state index contributed by atoms with van der Waals surface area (Å²) in [5.74, 6) is 0.613. The molecule has 26 heavy (non-hydrogen) atoms. The molecule has 2 heterocycles. The van der Waals surface area contributed by atoms with Crippen molar-refractivity contribution in [2.75, 3.05) is 5.32 Å². The van der Waals surface area contributed by atoms with E-state index in [1.54, 1.807) is 18.5 Å². The van der Waals surface area contributed by atoms with E-state index in [0.717, 1.165) is 23.4 Å². The van der Waals surface area contributed by atoms with Gasteiger partial charge in [0.1, 0.15) is 0 Å². The van der Waals surface area contributed by atoms with Gasteiger partial charge in [-0.25, -0.2) is 9.97 Å². The van der Waals surface area contributed by atoms with Crippen LogP contribution in [0.1, 0.15) is 11.1 Å². The Bertz CT molecular complexity index is 950. The molecule has 4 aromatic rings. The predicted molar refractivity (Wildman–Crippen MR) is 103 cm³/mol. The molecule has 128 valence electrons. The van der Waals surface area contributed by atoms with E-state index in [1.807, 2.05) is 41.1 Å². The molecule has 0 aliphatic rings. The molecule has 5 heteroatoms. The van der Waals surface area contributed by atoms with Crippen LogP contribution >= 0.6 is 0 Å². The van der Waals surface area contributed by atoms with Gasteiger partial charge in [0.2, 0.25) is 5.95 Å². The van der Waals surface area contributed by atoms with E-state index in [2.05, 4.69) is 45.7 Å². The first-order valence-corrected chi connectivity index (χ1v) is 8.55. The molecule has 4 rings (SSSR count). The Morgan fingerprint density at radius 2 is 1.50 bits per heavy atom. The third kappa shape index (κ3) is 3.78. The smallest absolute Gasteiger partial charge is 0.222 e. The molecular formula is C21H19N5. The summed E-state index contributed by atoms with van der Waals surface area (Å²) in [5.41, 5.74) is 4.41. The summed E-state index contributed by atoms with van der Waals surface area (Å²) in [5, 5.41) is 8.10. The molecule has 1 N–H and O–H groups in total. The van der Waals surface area contributed by atoms with Crippen LogP contribution in [0, 0.1) is 0 Å². The molecule has 5 nitrogen and oxygen atoms in total. The fourth-order valence-electron chi connectivity index (χ4n) is 2.85. The maximum atomic E-state index is 4.82. The molecule has 2 aromatic carbocycles. The van der Waals surface area contributed by atoms with E-state index in [9.17, 15) is 0 Å². The Hall–Kier alpha value is -3.47. The van der Waals surface area contributed by atoms with E-state index in [4.69, 9.17) is 5.10 Å². The van der Waals surface area contributed by atoms with E-state index < -0.39 is 0 Å². The molecule has 0 aliphatic carbocycles. The molecule has 0 fully saturated rings. The Balaban J connectivity index is 1.62. The highest BCUT2D eigenvalue weighted by Crippen LogP contribution is 2.23. The summed E-state index contributed by atoms with van der Waals surface area (Å²) in [4.78, 5) is 8.44. The number of rotatable bonds is 6. The summed E-state index contributed by atoms with van der Waals surface area (Å²) in [6.45, 7) is 1.35. The predicted octanol–water partition coefficient (Wildman–Crippen LogP) is 4.00. The maximum Gasteiger partial charge on any atom is 0.222 e. The summed E-state index contributed by atoms with van der Waals surface area (Å²) >= 11 is 0. The van der Waals surface area contributed by atoms with Crippen molar-refractivity contribution in [2.45, 2.75) is 13.1 Å². The van der Waals surface area contributed by atoms with Crippen molar-refractivity contribution in [3.63, 3.8) is 0 Å². The highest BCUT2D eigenvalue weighted by atomic mass is 15.3. The Morgan fingerprint density at radius 1 is 0.808 bits per heavy atom. The van der Waals surface area contributed by atoms with Crippen LogP contribution in [0.25, 0.3) is 11.3 Å². The minimum Gasteiger partial charge on any atom is -0.350 e. The van der Waals surface area contributed by atoms with Crippen molar-refractivity contribution < 1.29 is 0 Å². The van der Waals surface area contributed by atoms with Crippen molar-refractivity contribution in [3.8, 4) is 11.3 Å². The summed E-state index contributed by atoms with van der Waals surface area (Å²) in [6, 6.07) is 22.4. The Labute approximate surface area is 152 Å². The molecule has 0 amide bonds. The van der Waals surface area contributed by atoms with Gasteiger partial charge in [-0.05, 0) is 11.6 Å². The van der Waals surface area contributed by atoms with Crippen molar-refractivity contribution in [1.29, 1.82) is 0 Å². The van der Waals surface area contributed by atoms with Gasteiger partial charge in [0.25, 0.3) is 0 Å². The number of aromatic nitrogens is 4. The fourth-order valence-corrected chi connectivity index (χ4v) is 2.85. The molecule has 0 saturated carbocycles. The standard InChI is InChI=1S/C21H19N5/c1-3-8-17(9-4-1)15-26-16-19(14-24-21-22-12-7-13-23-21)20(25-26)18-10-5-2-6-11-18/h1-13,16H,14-15H2,(H,22,23,24). The van der Waals surface area contributed by atoms with Gasteiger partial charge in [-0.15, -0.1) is 0 Å². The SMILES string of the molecule is c1ccc(Cn2cc(CNc3ncccn3)c(-c3ccccc3)n2)cc1. The van der Waals surface area contributed by atoms with Gasteiger partial charge in [-0.2, -0.15) is 5.10 Å². The lowest BCUT2D eigenvalue weighted by Gasteiger charge is -2.04. The van der Waals surface area contributed by atoms with Gasteiger partial charge in [0.05, 0.1) is 12.2 Å². The summed E-state index contributed by atoms with van der Waals surface area (Å²) in [6.07, 6.45) is 5.55. The van der Waals surface area contributed by atoms with Crippen LogP contribution in [0.3, 0.4) is 0 Å². The third-order valence-electron chi connectivity index (χ3n) is 4.07. The number of hydrogen-bond acceptors (Lipinski definition) is 4. The lowest BCUT2D eigenvalue weighted by Crippen LogP contribution is -2.03. The van der Waals surface area contributed by atoms with Gasteiger partial charge >= 0.3 is 0 Å². The van der Waals surface area contributed by atoms with Gasteiger partial charge in [0.15, 0.2) is 0 Å². The number of anilines is 1. The molecule has 2 aromatic heterocycles. The quantitative estimate of drug-likeness (QED) is 0.576. The minimum absolute atomic E-state index is 0.613. The number of nitrogens with zero attached hydrogens (tertiary/aromatic N) is 4. The zero-order chi connectivity index (χ0) is 17.6. The minimum atomic E-state index is 0.613. The topological polar surface area (TPSA) is 55.6 Å². The van der Waals surface area contributed by atoms with Crippen LogP contribution in [0.15, 0.2) is 85.3 Å². The normalized spacial score (nSPS) is 10.6. The second kappa shape index (κ2) is 7.61. The van der Waals surface area contributed by atoms with Gasteiger partial charge in [-0.3, -0.25) is 4.68 Å². The van der Waals surface area contributed by atoms with Gasteiger partial charge in [-0.1, -0.05) is 60.7 Å². The van der Waals surface area contributed by atoms with Crippen LogP contribution in [-0.2, 0) is 13.1 Å². The maximum absolute atomic E-state index is 4.82.